The Hall–Kier alpha value is -0.570. The van der Waals surface area contributed by atoms with Crippen LogP contribution < -0.4 is 5.73 Å². The first-order chi connectivity index (χ1) is 7.56. The van der Waals surface area contributed by atoms with E-state index in [2.05, 4.69) is 11.8 Å². The summed E-state index contributed by atoms with van der Waals surface area (Å²) in [6.07, 6.45) is 5.34. The van der Waals surface area contributed by atoms with Crippen LogP contribution in [0.4, 0.5) is 0 Å². The molecule has 1 fully saturated rings. The van der Waals surface area contributed by atoms with Crippen LogP contribution in [0.2, 0.25) is 0 Å². The van der Waals surface area contributed by atoms with Crippen molar-refractivity contribution < 1.29 is 4.79 Å². The second-order valence-electron chi connectivity index (χ2n) is 5.25. The van der Waals surface area contributed by atoms with Crippen LogP contribution in [0.25, 0.3) is 0 Å². The standard InChI is InChI=1S/C13H26N2O/c1-4-9-15(13(16)10(2)3)12-7-5-11(14)6-8-12/h10-12H,4-9,14H2,1-3H3. The molecule has 1 amide bonds. The van der Waals surface area contributed by atoms with Crippen LogP contribution in [-0.2, 0) is 4.79 Å². The summed E-state index contributed by atoms with van der Waals surface area (Å²) in [7, 11) is 0. The zero-order valence-electron chi connectivity index (χ0n) is 10.9. The minimum Gasteiger partial charge on any atom is -0.340 e. The van der Waals surface area contributed by atoms with E-state index < -0.39 is 0 Å². The molecule has 0 aliphatic heterocycles. The Labute approximate surface area is 99.4 Å². The van der Waals surface area contributed by atoms with Gasteiger partial charge in [-0.05, 0) is 32.1 Å². The smallest absolute Gasteiger partial charge is 0.225 e. The lowest BCUT2D eigenvalue weighted by Gasteiger charge is -2.37. The minimum atomic E-state index is 0.113. The van der Waals surface area contributed by atoms with E-state index in [0.717, 1.165) is 38.6 Å². The van der Waals surface area contributed by atoms with Crippen molar-refractivity contribution in [2.24, 2.45) is 11.7 Å². The summed E-state index contributed by atoms with van der Waals surface area (Å²) >= 11 is 0. The zero-order valence-corrected chi connectivity index (χ0v) is 10.9. The molecule has 0 atom stereocenters. The van der Waals surface area contributed by atoms with Gasteiger partial charge in [0.2, 0.25) is 5.91 Å². The lowest BCUT2D eigenvalue weighted by Crippen LogP contribution is -2.46. The Morgan fingerprint density at radius 1 is 1.31 bits per heavy atom. The van der Waals surface area contributed by atoms with Crippen molar-refractivity contribution in [2.45, 2.75) is 65.0 Å². The Balaban J connectivity index is 2.59. The Morgan fingerprint density at radius 2 is 1.88 bits per heavy atom. The summed E-state index contributed by atoms with van der Waals surface area (Å²) in [6.45, 7) is 7.01. The number of carbonyl (C=O) groups is 1. The van der Waals surface area contributed by atoms with Gasteiger partial charge in [0.05, 0.1) is 0 Å². The molecule has 0 unspecified atom stereocenters. The third-order valence-corrected chi connectivity index (χ3v) is 3.42. The van der Waals surface area contributed by atoms with Crippen LogP contribution in [0.3, 0.4) is 0 Å². The van der Waals surface area contributed by atoms with Crippen molar-refractivity contribution in [2.75, 3.05) is 6.54 Å². The predicted octanol–water partition coefficient (Wildman–Crippen LogP) is 2.15. The van der Waals surface area contributed by atoms with Gasteiger partial charge >= 0.3 is 0 Å². The first-order valence-electron chi connectivity index (χ1n) is 6.62. The summed E-state index contributed by atoms with van der Waals surface area (Å²) in [5, 5.41) is 0. The molecule has 1 saturated carbocycles. The van der Waals surface area contributed by atoms with Gasteiger partial charge in [-0.15, -0.1) is 0 Å². The number of nitrogens with zero attached hydrogens (tertiary/aromatic N) is 1. The second-order valence-corrected chi connectivity index (χ2v) is 5.25. The normalized spacial score (nSPS) is 25.8. The average Bonchev–Trinajstić information content (AvgIpc) is 2.26. The van der Waals surface area contributed by atoms with E-state index in [0.29, 0.717) is 18.0 Å². The summed E-state index contributed by atoms with van der Waals surface area (Å²) in [4.78, 5) is 14.2. The molecule has 0 aromatic rings. The number of hydrogen-bond donors (Lipinski definition) is 1. The van der Waals surface area contributed by atoms with Gasteiger partial charge in [-0.3, -0.25) is 4.79 Å². The van der Waals surface area contributed by atoms with E-state index in [9.17, 15) is 4.79 Å². The Morgan fingerprint density at radius 3 is 2.31 bits per heavy atom. The first-order valence-corrected chi connectivity index (χ1v) is 6.62. The van der Waals surface area contributed by atoms with E-state index in [4.69, 9.17) is 5.73 Å². The number of carbonyl (C=O) groups excluding carboxylic acids is 1. The molecule has 0 radical (unpaired) electrons. The molecule has 94 valence electrons. The molecule has 1 aliphatic rings. The lowest BCUT2D eigenvalue weighted by molar-refractivity contribution is -0.137. The van der Waals surface area contributed by atoms with Gasteiger partial charge in [-0.2, -0.15) is 0 Å². The highest BCUT2D eigenvalue weighted by atomic mass is 16.2. The molecular weight excluding hydrogens is 200 g/mol. The monoisotopic (exact) mass is 226 g/mol. The highest BCUT2D eigenvalue weighted by Crippen LogP contribution is 2.23. The maximum Gasteiger partial charge on any atom is 0.225 e. The fraction of sp³-hybridized carbons (Fsp3) is 0.923. The minimum absolute atomic E-state index is 0.113. The van der Waals surface area contributed by atoms with E-state index >= 15 is 0 Å². The highest BCUT2D eigenvalue weighted by molar-refractivity contribution is 5.78. The van der Waals surface area contributed by atoms with E-state index in [-0.39, 0.29) is 5.92 Å². The molecule has 0 spiro atoms. The van der Waals surface area contributed by atoms with Gasteiger partial charge in [0, 0.05) is 24.5 Å². The largest absolute Gasteiger partial charge is 0.340 e. The van der Waals surface area contributed by atoms with Crippen molar-refractivity contribution in [1.29, 1.82) is 0 Å². The SMILES string of the molecule is CCCN(C(=O)C(C)C)C1CCC(N)CC1. The van der Waals surface area contributed by atoms with Crippen LogP contribution in [0.1, 0.15) is 52.9 Å². The number of rotatable bonds is 4. The third-order valence-electron chi connectivity index (χ3n) is 3.42. The number of amides is 1. The Kier molecular flexibility index (Phi) is 5.26. The summed E-state index contributed by atoms with van der Waals surface area (Å²) in [5.41, 5.74) is 5.90. The molecule has 0 bridgehead atoms. The van der Waals surface area contributed by atoms with Crippen molar-refractivity contribution in [3.63, 3.8) is 0 Å². The lowest BCUT2D eigenvalue weighted by atomic mass is 9.90. The quantitative estimate of drug-likeness (QED) is 0.798. The maximum atomic E-state index is 12.1. The van der Waals surface area contributed by atoms with Gasteiger partial charge in [-0.1, -0.05) is 20.8 Å². The van der Waals surface area contributed by atoms with Crippen molar-refractivity contribution in [1.82, 2.24) is 4.90 Å². The van der Waals surface area contributed by atoms with Gasteiger partial charge in [-0.25, -0.2) is 0 Å². The predicted molar refractivity (Wildman–Crippen MR) is 67.1 cm³/mol. The van der Waals surface area contributed by atoms with E-state index in [1.165, 1.54) is 0 Å². The number of hydrogen-bond acceptors (Lipinski definition) is 2. The number of nitrogens with two attached hydrogens (primary N) is 1. The molecule has 1 aliphatic carbocycles. The molecular formula is C13H26N2O. The molecule has 0 aromatic heterocycles. The first kappa shape index (κ1) is 13.5. The molecule has 0 saturated heterocycles. The topological polar surface area (TPSA) is 46.3 Å². The highest BCUT2D eigenvalue weighted by Gasteiger charge is 2.28. The molecule has 0 heterocycles. The van der Waals surface area contributed by atoms with Gasteiger partial charge in [0.15, 0.2) is 0 Å². The molecule has 2 N–H and O–H groups in total. The van der Waals surface area contributed by atoms with Crippen LogP contribution in [0.5, 0.6) is 0 Å². The van der Waals surface area contributed by atoms with Gasteiger partial charge < -0.3 is 10.6 Å². The molecule has 0 aromatic carbocycles. The summed E-state index contributed by atoms with van der Waals surface area (Å²) in [5.74, 6) is 0.421. The van der Waals surface area contributed by atoms with Gasteiger partial charge in [0.1, 0.15) is 0 Å². The molecule has 1 rings (SSSR count). The summed E-state index contributed by atoms with van der Waals surface area (Å²) < 4.78 is 0. The molecule has 16 heavy (non-hydrogen) atoms. The fourth-order valence-electron chi connectivity index (χ4n) is 2.46. The van der Waals surface area contributed by atoms with Gasteiger partial charge in [0.25, 0.3) is 0 Å². The summed E-state index contributed by atoms with van der Waals surface area (Å²) in [6, 6.07) is 0.795. The van der Waals surface area contributed by atoms with Crippen LogP contribution in [0.15, 0.2) is 0 Å². The second kappa shape index (κ2) is 6.24. The maximum absolute atomic E-state index is 12.1. The molecule has 3 heteroatoms. The average molecular weight is 226 g/mol. The van der Waals surface area contributed by atoms with Crippen molar-refractivity contribution in [3.05, 3.63) is 0 Å². The Bertz CT molecular complexity index is 220. The van der Waals surface area contributed by atoms with Crippen LogP contribution >= 0.6 is 0 Å². The van der Waals surface area contributed by atoms with Crippen molar-refractivity contribution in [3.8, 4) is 0 Å². The van der Waals surface area contributed by atoms with Crippen LogP contribution in [-0.4, -0.2) is 29.4 Å². The molecule has 3 nitrogen and oxygen atoms in total. The van der Waals surface area contributed by atoms with E-state index in [1.54, 1.807) is 0 Å². The van der Waals surface area contributed by atoms with E-state index in [1.807, 2.05) is 13.8 Å². The van der Waals surface area contributed by atoms with Crippen molar-refractivity contribution >= 4 is 5.91 Å². The fourth-order valence-corrected chi connectivity index (χ4v) is 2.46. The third kappa shape index (κ3) is 3.48. The van der Waals surface area contributed by atoms with Crippen LogP contribution in [0, 0.1) is 5.92 Å². The zero-order chi connectivity index (χ0) is 12.1.